The summed E-state index contributed by atoms with van der Waals surface area (Å²) in [6.07, 6.45) is 4.23. The number of aliphatic hydroxyl groups is 2. The summed E-state index contributed by atoms with van der Waals surface area (Å²) in [7, 11) is 0. The maximum atomic E-state index is 11.7. The smallest absolute Gasteiger partial charge is 0.323 e. The highest BCUT2D eigenvalue weighted by Crippen LogP contribution is 2.15. The fourth-order valence-electron chi connectivity index (χ4n) is 2.64. The number of nitrogens with one attached hydrogen (secondary N) is 1. The molecule has 0 aromatic carbocycles. The van der Waals surface area contributed by atoms with E-state index in [-0.39, 0.29) is 31.2 Å². The van der Waals surface area contributed by atoms with Crippen LogP contribution in [0.25, 0.3) is 0 Å². The first-order valence-electron chi connectivity index (χ1n) is 11.6. The van der Waals surface area contributed by atoms with E-state index >= 15 is 0 Å². The normalized spacial score (nSPS) is 16.5. The molecule has 32 heavy (non-hydrogen) atoms. The number of unbranched alkanes of at least 4 members (excludes halogenated alkanes) is 2. The van der Waals surface area contributed by atoms with Gasteiger partial charge in [-0.15, -0.1) is 0 Å². The first kappa shape index (κ1) is 30.7. The van der Waals surface area contributed by atoms with Gasteiger partial charge in [0, 0.05) is 6.42 Å². The molecule has 1 saturated heterocycles. The van der Waals surface area contributed by atoms with E-state index in [2.05, 4.69) is 12.2 Å². The molecule has 10 nitrogen and oxygen atoms in total. The topological polar surface area (TPSA) is 136 Å². The Morgan fingerprint density at radius 2 is 1.75 bits per heavy atom. The Hall–Kier alpha value is -1.30. The third-order valence-electron chi connectivity index (χ3n) is 4.32. The first-order chi connectivity index (χ1) is 15.5. The lowest BCUT2D eigenvalue weighted by Gasteiger charge is -2.16. The molecule has 0 radical (unpaired) electrons. The number of rotatable bonds is 19. The molecule has 0 amide bonds. The van der Waals surface area contributed by atoms with Crippen LogP contribution < -0.4 is 5.32 Å². The van der Waals surface area contributed by atoms with Crippen LogP contribution in [0.5, 0.6) is 0 Å². The SMILES string of the molecule is CCCCCC(NCC(=O)OCC)C(=O)OCC.OCCOCCOCC(O)CC1CO1. The average Bonchev–Trinajstić information content (AvgIpc) is 3.58. The summed E-state index contributed by atoms with van der Waals surface area (Å²) in [4.78, 5) is 22.9. The number of hydrogen-bond donors (Lipinski definition) is 3. The maximum Gasteiger partial charge on any atom is 0.323 e. The van der Waals surface area contributed by atoms with E-state index in [1.54, 1.807) is 13.8 Å². The van der Waals surface area contributed by atoms with Crippen LogP contribution in [0.4, 0.5) is 0 Å². The van der Waals surface area contributed by atoms with Gasteiger partial charge in [-0.05, 0) is 20.3 Å². The molecule has 3 unspecified atom stereocenters. The van der Waals surface area contributed by atoms with E-state index in [9.17, 15) is 14.7 Å². The molecule has 1 aliphatic heterocycles. The fraction of sp³-hybridized carbons (Fsp3) is 0.909. The van der Waals surface area contributed by atoms with Crippen molar-refractivity contribution in [1.29, 1.82) is 0 Å². The number of ether oxygens (including phenoxy) is 5. The second-order valence-electron chi connectivity index (χ2n) is 7.24. The highest BCUT2D eigenvalue weighted by Gasteiger charge is 2.25. The molecular formula is C22H43NO9. The molecule has 1 aliphatic rings. The van der Waals surface area contributed by atoms with Gasteiger partial charge in [0.15, 0.2) is 0 Å². The van der Waals surface area contributed by atoms with Gasteiger partial charge in [0.1, 0.15) is 6.04 Å². The molecule has 190 valence electrons. The predicted octanol–water partition coefficient (Wildman–Crippen LogP) is 0.813. The number of carbonyl (C=O) groups is 2. The largest absolute Gasteiger partial charge is 0.465 e. The third kappa shape index (κ3) is 19.4. The lowest BCUT2D eigenvalue weighted by Crippen LogP contribution is -2.41. The Kier molecular flexibility index (Phi) is 20.7. The summed E-state index contributed by atoms with van der Waals surface area (Å²) in [5.41, 5.74) is 0. The van der Waals surface area contributed by atoms with Gasteiger partial charge < -0.3 is 33.9 Å². The zero-order valence-corrected chi connectivity index (χ0v) is 19.9. The lowest BCUT2D eigenvalue weighted by atomic mass is 10.1. The van der Waals surface area contributed by atoms with Crippen LogP contribution in [0.1, 0.15) is 52.9 Å². The number of hydrogen-bond acceptors (Lipinski definition) is 10. The van der Waals surface area contributed by atoms with Crippen LogP contribution in [0.3, 0.4) is 0 Å². The van der Waals surface area contributed by atoms with Crippen LogP contribution in [0, 0.1) is 0 Å². The summed E-state index contributed by atoms with van der Waals surface area (Å²) in [5.74, 6) is -0.639. The quantitative estimate of drug-likeness (QED) is 0.143. The van der Waals surface area contributed by atoms with Gasteiger partial charge in [0.25, 0.3) is 0 Å². The minimum absolute atomic E-state index is 0.0294. The van der Waals surface area contributed by atoms with Crippen molar-refractivity contribution in [2.24, 2.45) is 0 Å². The molecular weight excluding hydrogens is 422 g/mol. The highest BCUT2D eigenvalue weighted by molar-refractivity contribution is 5.77. The summed E-state index contributed by atoms with van der Waals surface area (Å²) in [6, 6.07) is -0.416. The monoisotopic (exact) mass is 465 g/mol. The second kappa shape index (κ2) is 21.5. The Morgan fingerprint density at radius 1 is 1.06 bits per heavy atom. The second-order valence-corrected chi connectivity index (χ2v) is 7.24. The van der Waals surface area contributed by atoms with Crippen LogP contribution in [0.15, 0.2) is 0 Å². The summed E-state index contributed by atoms with van der Waals surface area (Å²) in [6.45, 7) is 8.71. The average molecular weight is 466 g/mol. The van der Waals surface area contributed by atoms with Crippen molar-refractivity contribution < 1.29 is 43.5 Å². The summed E-state index contributed by atoms with van der Waals surface area (Å²) < 4.78 is 24.9. The van der Waals surface area contributed by atoms with Crippen LogP contribution in [0.2, 0.25) is 0 Å². The molecule has 10 heteroatoms. The van der Waals surface area contributed by atoms with Crippen molar-refractivity contribution in [3.63, 3.8) is 0 Å². The number of epoxide rings is 1. The van der Waals surface area contributed by atoms with Crippen molar-refractivity contribution in [3.05, 3.63) is 0 Å². The van der Waals surface area contributed by atoms with Gasteiger partial charge in [-0.1, -0.05) is 26.2 Å². The van der Waals surface area contributed by atoms with Crippen LogP contribution in [-0.2, 0) is 33.3 Å². The number of esters is 2. The van der Waals surface area contributed by atoms with E-state index in [0.29, 0.717) is 52.5 Å². The Balaban J connectivity index is 0.000000618. The highest BCUT2D eigenvalue weighted by atomic mass is 16.6. The number of carbonyl (C=O) groups excluding carboxylic acids is 2. The molecule has 0 saturated carbocycles. The molecule has 0 aromatic rings. The zero-order valence-electron chi connectivity index (χ0n) is 19.9. The fourth-order valence-corrected chi connectivity index (χ4v) is 2.64. The van der Waals surface area contributed by atoms with Gasteiger partial charge in [-0.2, -0.15) is 0 Å². The van der Waals surface area contributed by atoms with Gasteiger partial charge in [0.2, 0.25) is 0 Å². The lowest BCUT2D eigenvalue weighted by molar-refractivity contribution is -0.146. The van der Waals surface area contributed by atoms with Crippen molar-refractivity contribution in [2.45, 2.75) is 71.1 Å². The minimum atomic E-state index is -0.444. The van der Waals surface area contributed by atoms with Crippen molar-refractivity contribution in [2.75, 3.05) is 59.4 Å². The molecule has 3 N–H and O–H groups in total. The van der Waals surface area contributed by atoms with E-state index in [0.717, 1.165) is 25.9 Å². The number of aliphatic hydroxyl groups excluding tert-OH is 2. The van der Waals surface area contributed by atoms with E-state index in [4.69, 9.17) is 28.8 Å². The first-order valence-corrected chi connectivity index (χ1v) is 11.6. The molecule has 0 aromatic heterocycles. The Bertz CT molecular complexity index is 461. The van der Waals surface area contributed by atoms with Gasteiger partial charge >= 0.3 is 11.9 Å². The molecule has 3 atom stereocenters. The Morgan fingerprint density at radius 3 is 2.34 bits per heavy atom. The standard InChI is InChI=1S/C13H25NO4.C9H18O5/c1-4-7-8-9-11(13(16)18-6-3)14-10-12(15)17-5-2;10-1-2-12-3-4-13-6-8(11)5-9-7-14-9/h11,14H,4-10H2,1-3H3;8-11H,1-7H2. The van der Waals surface area contributed by atoms with Crippen LogP contribution in [-0.4, -0.2) is 99.8 Å². The van der Waals surface area contributed by atoms with E-state index in [1.807, 2.05) is 0 Å². The van der Waals surface area contributed by atoms with Gasteiger partial charge in [-0.3, -0.25) is 14.9 Å². The molecule has 1 heterocycles. The molecule has 0 spiro atoms. The molecule has 0 aliphatic carbocycles. The third-order valence-corrected chi connectivity index (χ3v) is 4.32. The van der Waals surface area contributed by atoms with Crippen molar-refractivity contribution >= 4 is 11.9 Å². The van der Waals surface area contributed by atoms with Gasteiger partial charge in [0.05, 0.1) is 71.6 Å². The summed E-state index contributed by atoms with van der Waals surface area (Å²) >= 11 is 0. The van der Waals surface area contributed by atoms with Gasteiger partial charge in [-0.25, -0.2) is 0 Å². The maximum absolute atomic E-state index is 11.7. The van der Waals surface area contributed by atoms with E-state index in [1.165, 1.54) is 0 Å². The molecule has 1 fully saturated rings. The van der Waals surface area contributed by atoms with E-state index < -0.39 is 12.1 Å². The Labute approximate surface area is 191 Å². The van der Waals surface area contributed by atoms with Crippen LogP contribution >= 0.6 is 0 Å². The zero-order chi connectivity index (χ0) is 24.0. The van der Waals surface area contributed by atoms with Crippen molar-refractivity contribution in [1.82, 2.24) is 5.32 Å². The summed E-state index contributed by atoms with van der Waals surface area (Å²) in [5, 5.41) is 20.7. The molecule has 1 rings (SSSR count). The molecule has 0 bridgehead atoms. The minimum Gasteiger partial charge on any atom is -0.465 e. The predicted molar refractivity (Wildman–Crippen MR) is 118 cm³/mol. The van der Waals surface area contributed by atoms with Crippen molar-refractivity contribution in [3.8, 4) is 0 Å².